The van der Waals surface area contributed by atoms with E-state index in [-0.39, 0.29) is 22.3 Å². The van der Waals surface area contributed by atoms with Crippen LogP contribution < -0.4 is 10.6 Å². The van der Waals surface area contributed by atoms with Gasteiger partial charge in [0.2, 0.25) is 0 Å². The lowest BCUT2D eigenvalue weighted by atomic mass is 10.2. The van der Waals surface area contributed by atoms with Crippen LogP contribution in [-0.4, -0.2) is 33.5 Å². The van der Waals surface area contributed by atoms with E-state index in [1.54, 1.807) is 0 Å². The first kappa shape index (κ1) is 15.3. The molecule has 2 N–H and O–H groups in total. The Morgan fingerprint density at radius 3 is 2.30 bits per heavy atom. The molecule has 2 rings (SSSR count). The number of nitrogens with two attached hydrogens (primary N) is 1. The molecule has 0 atom stereocenters. The Morgan fingerprint density at radius 2 is 1.90 bits per heavy atom. The molecule has 112 valence electrons. The molecule has 1 aromatic heterocycles. The SMILES string of the molecule is CCN(CC)c1sc(C(=O)C2CC2)c(N)c1S(C)(=O)=O. The average molecular weight is 316 g/mol. The van der Waals surface area contributed by atoms with Gasteiger partial charge in [0.05, 0.1) is 10.6 Å². The van der Waals surface area contributed by atoms with Gasteiger partial charge in [0, 0.05) is 25.3 Å². The Bertz CT molecular complexity index is 626. The largest absolute Gasteiger partial charge is 0.396 e. The van der Waals surface area contributed by atoms with Crippen molar-refractivity contribution < 1.29 is 13.2 Å². The number of thiophene rings is 1. The van der Waals surface area contributed by atoms with Crippen molar-refractivity contribution in [2.75, 3.05) is 30.0 Å². The van der Waals surface area contributed by atoms with Gasteiger partial charge in [-0.2, -0.15) is 0 Å². The first-order valence-electron chi connectivity index (χ1n) is 6.72. The van der Waals surface area contributed by atoms with Gasteiger partial charge in [-0.25, -0.2) is 8.42 Å². The molecule has 20 heavy (non-hydrogen) atoms. The van der Waals surface area contributed by atoms with Gasteiger partial charge < -0.3 is 10.6 Å². The summed E-state index contributed by atoms with van der Waals surface area (Å²) >= 11 is 1.22. The van der Waals surface area contributed by atoms with Gasteiger partial charge in [-0.15, -0.1) is 11.3 Å². The molecule has 0 aromatic carbocycles. The highest BCUT2D eigenvalue weighted by atomic mass is 32.2. The summed E-state index contributed by atoms with van der Waals surface area (Å²) in [7, 11) is -3.46. The van der Waals surface area contributed by atoms with Crippen LogP contribution in [0.1, 0.15) is 36.4 Å². The highest BCUT2D eigenvalue weighted by molar-refractivity contribution is 7.91. The van der Waals surface area contributed by atoms with Gasteiger partial charge in [0.25, 0.3) is 0 Å². The molecule has 0 aliphatic heterocycles. The second-order valence-corrected chi connectivity index (χ2v) is 8.01. The molecule has 0 spiro atoms. The van der Waals surface area contributed by atoms with Crippen LogP contribution in [0.15, 0.2) is 4.90 Å². The predicted molar refractivity (Wildman–Crippen MR) is 82.5 cm³/mol. The summed E-state index contributed by atoms with van der Waals surface area (Å²) in [5, 5.41) is 0.596. The van der Waals surface area contributed by atoms with Gasteiger partial charge >= 0.3 is 0 Å². The van der Waals surface area contributed by atoms with Crippen LogP contribution in [0, 0.1) is 5.92 Å². The average Bonchev–Trinajstić information content (AvgIpc) is 3.13. The summed E-state index contributed by atoms with van der Waals surface area (Å²) in [6.45, 7) is 5.26. The van der Waals surface area contributed by atoms with Crippen LogP contribution in [0.3, 0.4) is 0 Å². The fourth-order valence-corrected chi connectivity index (χ4v) is 5.06. The van der Waals surface area contributed by atoms with E-state index >= 15 is 0 Å². The summed E-state index contributed by atoms with van der Waals surface area (Å²) in [6, 6.07) is 0. The molecule has 0 bridgehead atoms. The topological polar surface area (TPSA) is 80.5 Å². The second kappa shape index (κ2) is 5.37. The zero-order chi connectivity index (χ0) is 15.1. The number of hydrogen-bond acceptors (Lipinski definition) is 6. The van der Waals surface area contributed by atoms with E-state index in [1.807, 2.05) is 18.7 Å². The van der Waals surface area contributed by atoms with Crippen molar-refractivity contribution in [3.63, 3.8) is 0 Å². The molecule has 1 heterocycles. The second-order valence-electron chi connectivity index (χ2n) is 5.06. The number of nitrogens with zero attached hydrogens (tertiary/aromatic N) is 1. The molecule has 1 fully saturated rings. The molecule has 0 unspecified atom stereocenters. The molecule has 5 nitrogen and oxygen atoms in total. The summed E-state index contributed by atoms with van der Waals surface area (Å²) in [6.07, 6.45) is 2.90. The zero-order valence-electron chi connectivity index (χ0n) is 12.0. The predicted octanol–water partition coefficient (Wildman–Crippen LogP) is 2.17. The van der Waals surface area contributed by atoms with Crippen molar-refractivity contribution in [1.82, 2.24) is 0 Å². The van der Waals surface area contributed by atoms with Gasteiger partial charge in [-0.3, -0.25) is 4.79 Å². The lowest BCUT2D eigenvalue weighted by molar-refractivity contribution is 0.0972. The lowest BCUT2D eigenvalue weighted by Gasteiger charge is -2.20. The third-order valence-electron chi connectivity index (χ3n) is 3.48. The fraction of sp³-hybridized carbons (Fsp3) is 0.615. The Balaban J connectivity index is 2.60. The van der Waals surface area contributed by atoms with E-state index in [4.69, 9.17) is 5.73 Å². The highest BCUT2D eigenvalue weighted by Crippen LogP contribution is 2.45. The standard InChI is InChI=1S/C13H20N2O3S2/c1-4-15(5-2)13-12(20(3,17)18)9(14)11(19-13)10(16)8-6-7-8/h8H,4-7,14H2,1-3H3. The van der Waals surface area contributed by atoms with Gasteiger partial charge in [-0.1, -0.05) is 0 Å². The number of hydrogen-bond donors (Lipinski definition) is 1. The zero-order valence-corrected chi connectivity index (χ0v) is 13.6. The monoisotopic (exact) mass is 316 g/mol. The Hall–Kier alpha value is -1.08. The van der Waals surface area contributed by atoms with Crippen molar-refractivity contribution in [1.29, 1.82) is 0 Å². The Labute approximate surface area is 123 Å². The first-order valence-corrected chi connectivity index (χ1v) is 9.43. The highest BCUT2D eigenvalue weighted by Gasteiger charge is 2.36. The van der Waals surface area contributed by atoms with E-state index < -0.39 is 9.84 Å². The molecule has 1 saturated carbocycles. The number of anilines is 2. The minimum absolute atomic E-state index is 0.00388. The molecule has 1 aliphatic rings. The third-order valence-corrected chi connectivity index (χ3v) is 6.04. The van der Waals surface area contributed by atoms with Crippen molar-refractivity contribution >= 4 is 37.6 Å². The normalized spacial score (nSPS) is 15.3. The minimum Gasteiger partial charge on any atom is -0.396 e. The van der Waals surface area contributed by atoms with E-state index in [1.165, 1.54) is 11.3 Å². The van der Waals surface area contributed by atoms with Gasteiger partial charge in [0.15, 0.2) is 15.6 Å². The summed E-state index contributed by atoms with van der Waals surface area (Å²) in [4.78, 5) is 14.7. The number of carbonyl (C=O) groups excluding carboxylic acids is 1. The summed E-state index contributed by atoms with van der Waals surface area (Å²) in [5.74, 6) is 0.0312. The number of Topliss-reactive ketones (excluding diaryl/α,β-unsaturated/α-hetero) is 1. The quantitative estimate of drug-likeness (QED) is 0.814. The van der Waals surface area contributed by atoms with Gasteiger partial charge in [-0.05, 0) is 26.7 Å². The van der Waals surface area contributed by atoms with E-state index in [9.17, 15) is 13.2 Å². The van der Waals surface area contributed by atoms with Crippen LogP contribution in [0.2, 0.25) is 0 Å². The molecular weight excluding hydrogens is 296 g/mol. The van der Waals surface area contributed by atoms with E-state index in [0.717, 1.165) is 19.1 Å². The number of sulfone groups is 1. The maximum atomic E-state index is 12.2. The van der Waals surface area contributed by atoms with Crippen LogP contribution in [0.4, 0.5) is 10.7 Å². The maximum absolute atomic E-state index is 12.2. The number of nitrogen functional groups attached to an aromatic ring is 1. The van der Waals surface area contributed by atoms with Crippen molar-refractivity contribution in [2.24, 2.45) is 5.92 Å². The Morgan fingerprint density at radius 1 is 1.35 bits per heavy atom. The molecule has 1 aromatic rings. The van der Waals surface area contributed by atoms with E-state index in [0.29, 0.717) is 23.0 Å². The van der Waals surface area contributed by atoms with Crippen molar-refractivity contribution in [3.8, 4) is 0 Å². The van der Waals surface area contributed by atoms with Crippen LogP contribution in [0.5, 0.6) is 0 Å². The number of rotatable bonds is 6. The minimum atomic E-state index is -3.46. The lowest BCUT2D eigenvalue weighted by Crippen LogP contribution is -2.22. The molecule has 0 amide bonds. The van der Waals surface area contributed by atoms with Crippen molar-refractivity contribution in [2.45, 2.75) is 31.6 Å². The van der Waals surface area contributed by atoms with Crippen LogP contribution in [-0.2, 0) is 9.84 Å². The van der Waals surface area contributed by atoms with Crippen molar-refractivity contribution in [3.05, 3.63) is 4.88 Å². The maximum Gasteiger partial charge on any atom is 0.180 e. The third kappa shape index (κ3) is 2.69. The summed E-state index contributed by atoms with van der Waals surface area (Å²) < 4.78 is 24.0. The molecule has 0 radical (unpaired) electrons. The molecule has 1 aliphatic carbocycles. The smallest absolute Gasteiger partial charge is 0.180 e. The Kier molecular flexibility index (Phi) is 4.11. The molecular formula is C13H20N2O3S2. The number of carbonyl (C=O) groups is 1. The van der Waals surface area contributed by atoms with Gasteiger partial charge in [0.1, 0.15) is 9.90 Å². The number of ketones is 1. The first-order chi connectivity index (χ1) is 9.31. The fourth-order valence-electron chi connectivity index (χ4n) is 2.21. The van der Waals surface area contributed by atoms with Crippen LogP contribution >= 0.6 is 11.3 Å². The van der Waals surface area contributed by atoms with E-state index in [2.05, 4.69) is 0 Å². The molecule has 0 saturated heterocycles. The van der Waals surface area contributed by atoms with Crippen LogP contribution in [0.25, 0.3) is 0 Å². The molecule has 7 heteroatoms. The summed E-state index contributed by atoms with van der Waals surface area (Å²) in [5.41, 5.74) is 6.12.